The van der Waals surface area contributed by atoms with Crippen molar-refractivity contribution in [2.75, 3.05) is 5.73 Å². The second-order valence-electron chi connectivity index (χ2n) is 4.88. The van der Waals surface area contributed by atoms with E-state index in [0.717, 1.165) is 11.3 Å². The molecule has 96 valence electrons. The summed E-state index contributed by atoms with van der Waals surface area (Å²) in [4.78, 5) is 8.26. The maximum atomic E-state index is 5.81. The molecule has 0 unspecified atom stereocenters. The van der Waals surface area contributed by atoms with Gasteiger partial charge in [-0.25, -0.2) is 0 Å². The Kier molecular flexibility index (Phi) is 3.56. The molecule has 0 fully saturated rings. The highest BCUT2D eigenvalue weighted by Crippen LogP contribution is 2.28. The number of anilines is 1. The number of hydrogen-bond donors (Lipinski definition) is 1. The first-order valence-electron chi connectivity index (χ1n) is 5.62. The van der Waals surface area contributed by atoms with E-state index in [0.29, 0.717) is 17.4 Å². The minimum absolute atomic E-state index is 0.177. The summed E-state index contributed by atoms with van der Waals surface area (Å²) in [6.07, 6.45) is 3.22. The van der Waals surface area contributed by atoms with Gasteiger partial charge in [0.05, 0.1) is 23.2 Å². The number of pyridine rings is 1. The summed E-state index contributed by atoms with van der Waals surface area (Å²) in [5.74, 6) is 1.85. The maximum Gasteiger partial charge on any atom is 0.260 e. The van der Waals surface area contributed by atoms with E-state index >= 15 is 0 Å². The molecule has 2 aromatic heterocycles. The first-order chi connectivity index (χ1) is 8.46. The van der Waals surface area contributed by atoms with E-state index in [4.69, 9.17) is 10.3 Å². The fraction of sp³-hybridized carbons (Fsp3) is 0.417. The van der Waals surface area contributed by atoms with Gasteiger partial charge in [0.25, 0.3) is 5.89 Å². The van der Waals surface area contributed by atoms with Gasteiger partial charge in [-0.3, -0.25) is 4.98 Å². The van der Waals surface area contributed by atoms with Crippen LogP contribution in [0.25, 0.3) is 11.5 Å². The third-order valence-electron chi connectivity index (χ3n) is 2.18. The second kappa shape index (κ2) is 4.97. The summed E-state index contributed by atoms with van der Waals surface area (Å²) in [5.41, 5.74) is 7.07. The molecule has 0 amide bonds. The van der Waals surface area contributed by atoms with Crippen LogP contribution >= 0.6 is 11.8 Å². The molecular formula is C12H16N4OS. The van der Waals surface area contributed by atoms with Crippen LogP contribution in [0.3, 0.4) is 0 Å². The van der Waals surface area contributed by atoms with E-state index in [1.54, 1.807) is 30.2 Å². The summed E-state index contributed by atoms with van der Waals surface area (Å²) in [6, 6.07) is 1.77. The Balaban J connectivity index is 2.14. The van der Waals surface area contributed by atoms with Crippen LogP contribution in [-0.4, -0.2) is 19.9 Å². The smallest absolute Gasteiger partial charge is 0.260 e. The van der Waals surface area contributed by atoms with Crippen molar-refractivity contribution in [3.63, 3.8) is 0 Å². The Hall–Kier alpha value is -1.56. The number of nitrogen functional groups attached to an aromatic ring is 1. The lowest BCUT2D eigenvalue weighted by Gasteiger charge is -2.15. The summed E-state index contributed by atoms with van der Waals surface area (Å²) in [7, 11) is 0. The number of aromatic nitrogens is 3. The molecule has 0 aliphatic heterocycles. The zero-order chi connectivity index (χ0) is 13.2. The standard InChI is InChI=1S/C12H16N4OS/c1-12(2,3)18-7-10-15-11(17-16-10)8-4-5-14-6-9(8)13/h4-6H,7,13H2,1-3H3. The molecule has 2 N–H and O–H groups in total. The molecule has 0 aromatic carbocycles. The maximum absolute atomic E-state index is 5.81. The van der Waals surface area contributed by atoms with Crippen molar-refractivity contribution >= 4 is 17.4 Å². The molecule has 18 heavy (non-hydrogen) atoms. The van der Waals surface area contributed by atoms with Crippen LogP contribution in [0, 0.1) is 0 Å². The van der Waals surface area contributed by atoms with Crippen LogP contribution in [0.5, 0.6) is 0 Å². The first-order valence-corrected chi connectivity index (χ1v) is 6.61. The summed E-state index contributed by atoms with van der Waals surface area (Å²) < 4.78 is 5.39. The van der Waals surface area contributed by atoms with Gasteiger partial charge in [-0.1, -0.05) is 25.9 Å². The predicted molar refractivity (Wildman–Crippen MR) is 73.0 cm³/mol. The molecule has 0 atom stereocenters. The van der Waals surface area contributed by atoms with E-state index in [1.807, 2.05) is 0 Å². The SMILES string of the molecule is CC(C)(C)SCc1noc(-c2ccncc2N)n1. The van der Waals surface area contributed by atoms with Gasteiger partial charge in [-0.15, -0.1) is 11.8 Å². The molecule has 6 heteroatoms. The third kappa shape index (κ3) is 3.22. The number of hydrogen-bond acceptors (Lipinski definition) is 6. The van der Waals surface area contributed by atoms with Crippen LogP contribution in [0.1, 0.15) is 26.6 Å². The molecule has 2 heterocycles. The number of nitrogens with two attached hydrogens (primary N) is 1. The molecule has 2 rings (SSSR count). The molecule has 0 saturated carbocycles. The van der Waals surface area contributed by atoms with Crippen LogP contribution < -0.4 is 5.73 Å². The molecule has 2 aromatic rings. The Morgan fingerprint density at radius 3 is 2.83 bits per heavy atom. The predicted octanol–water partition coefficient (Wildman–Crippen LogP) is 2.75. The Morgan fingerprint density at radius 1 is 1.39 bits per heavy atom. The lowest BCUT2D eigenvalue weighted by molar-refractivity contribution is 0.425. The van der Waals surface area contributed by atoms with Crippen molar-refractivity contribution in [3.05, 3.63) is 24.3 Å². The topological polar surface area (TPSA) is 77.8 Å². The quantitative estimate of drug-likeness (QED) is 0.918. The van der Waals surface area contributed by atoms with Crippen molar-refractivity contribution in [1.82, 2.24) is 15.1 Å². The van der Waals surface area contributed by atoms with Crippen molar-refractivity contribution in [2.24, 2.45) is 0 Å². The fourth-order valence-corrected chi connectivity index (χ4v) is 1.98. The van der Waals surface area contributed by atoms with Gasteiger partial charge < -0.3 is 10.3 Å². The van der Waals surface area contributed by atoms with E-state index < -0.39 is 0 Å². The number of thioether (sulfide) groups is 1. The van der Waals surface area contributed by atoms with Crippen LogP contribution in [0.4, 0.5) is 5.69 Å². The Bertz CT molecular complexity index is 533. The molecule has 0 aliphatic carbocycles. The number of nitrogens with zero attached hydrogens (tertiary/aromatic N) is 3. The molecule has 5 nitrogen and oxygen atoms in total. The second-order valence-corrected chi connectivity index (χ2v) is 6.68. The molecular weight excluding hydrogens is 248 g/mol. The van der Waals surface area contributed by atoms with E-state index in [-0.39, 0.29) is 4.75 Å². The zero-order valence-electron chi connectivity index (χ0n) is 10.7. The van der Waals surface area contributed by atoms with Crippen LogP contribution in [-0.2, 0) is 5.75 Å². The first kappa shape index (κ1) is 12.9. The number of rotatable bonds is 3. The highest BCUT2D eigenvalue weighted by Gasteiger charge is 2.15. The molecule has 0 aliphatic rings. The van der Waals surface area contributed by atoms with Crippen molar-refractivity contribution in [1.29, 1.82) is 0 Å². The van der Waals surface area contributed by atoms with Gasteiger partial charge in [0.1, 0.15) is 0 Å². The van der Waals surface area contributed by atoms with Gasteiger partial charge >= 0.3 is 0 Å². The molecule has 0 spiro atoms. The zero-order valence-corrected chi connectivity index (χ0v) is 11.5. The summed E-state index contributed by atoms with van der Waals surface area (Å²) in [6.45, 7) is 6.46. The van der Waals surface area contributed by atoms with Gasteiger partial charge in [0, 0.05) is 10.9 Å². The van der Waals surface area contributed by atoms with Crippen molar-refractivity contribution in [2.45, 2.75) is 31.3 Å². The monoisotopic (exact) mass is 264 g/mol. The lowest BCUT2D eigenvalue weighted by Crippen LogP contribution is -2.07. The Morgan fingerprint density at radius 2 is 2.17 bits per heavy atom. The van der Waals surface area contributed by atoms with Crippen LogP contribution in [0.15, 0.2) is 23.0 Å². The summed E-state index contributed by atoms with van der Waals surface area (Å²) in [5, 5.41) is 3.95. The highest BCUT2D eigenvalue weighted by molar-refractivity contribution is 7.99. The third-order valence-corrected chi connectivity index (χ3v) is 3.45. The minimum Gasteiger partial charge on any atom is -0.397 e. The average Bonchev–Trinajstić information content (AvgIpc) is 2.75. The normalized spacial score (nSPS) is 11.7. The largest absolute Gasteiger partial charge is 0.397 e. The van der Waals surface area contributed by atoms with Crippen molar-refractivity contribution < 1.29 is 4.52 Å². The fourth-order valence-electron chi connectivity index (χ4n) is 1.30. The van der Waals surface area contributed by atoms with Gasteiger partial charge in [-0.2, -0.15) is 4.98 Å². The highest BCUT2D eigenvalue weighted by atomic mass is 32.2. The van der Waals surface area contributed by atoms with Crippen molar-refractivity contribution in [3.8, 4) is 11.5 Å². The van der Waals surface area contributed by atoms with E-state index in [2.05, 4.69) is 35.9 Å². The van der Waals surface area contributed by atoms with Gasteiger partial charge in [0.2, 0.25) is 0 Å². The van der Waals surface area contributed by atoms with Gasteiger partial charge in [0.15, 0.2) is 5.82 Å². The van der Waals surface area contributed by atoms with Gasteiger partial charge in [-0.05, 0) is 6.07 Å². The molecule has 0 saturated heterocycles. The van der Waals surface area contributed by atoms with E-state index in [1.165, 1.54) is 0 Å². The average molecular weight is 264 g/mol. The lowest BCUT2D eigenvalue weighted by atomic mass is 10.2. The summed E-state index contributed by atoms with van der Waals surface area (Å²) >= 11 is 1.77. The van der Waals surface area contributed by atoms with E-state index in [9.17, 15) is 0 Å². The molecule has 0 bridgehead atoms. The Labute approximate surface area is 110 Å². The molecule has 0 radical (unpaired) electrons. The minimum atomic E-state index is 0.177. The van der Waals surface area contributed by atoms with Crippen LogP contribution in [0.2, 0.25) is 0 Å².